The third kappa shape index (κ3) is 4.58. The zero-order chi connectivity index (χ0) is 20.3. The molecule has 2 atom stereocenters. The number of methoxy groups -OCH3 is 1. The molecule has 1 amide bonds. The Morgan fingerprint density at radius 3 is 2.57 bits per heavy atom. The lowest BCUT2D eigenvalue weighted by Gasteiger charge is -2.19. The highest BCUT2D eigenvalue weighted by Crippen LogP contribution is 2.25. The normalized spacial score (nSPS) is 20.3. The fourth-order valence-corrected chi connectivity index (χ4v) is 3.49. The first-order valence-corrected chi connectivity index (χ1v) is 9.66. The predicted molar refractivity (Wildman–Crippen MR) is 109 cm³/mol. The molecule has 0 spiro atoms. The van der Waals surface area contributed by atoms with Gasteiger partial charge in [-0.2, -0.15) is 0 Å². The van der Waals surface area contributed by atoms with Crippen LogP contribution < -0.4 is 5.32 Å². The molecule has 150 valence electrons. The lowest BCUT2D eigenvalue weighted by molar-refractivity contribution is 0.0761. The first-order chi connectivity index (χ1) is 13.3. The molecule has 0 radical (unpaired) electrons. The van der Waals surface area contributed by atoms with E-state index in [9.17, 15) is 9.90 Å². The van der Waals surface area contributed by atoms with Gasteiger partial charge in [-0.05, 0) is 44.2 Å². The number of aliphatic hydroxyl groups is 1. The van der Waals surface area contributed by atoms with E-state index in [1.54, 1.807) is 33.4 Å². The van der Waals surface area contributed by atoms with Crippen LogP contribution in [-0.4, -0.2) is 59.8 Å². The zero-order valence-corrected chi connectivity index (χ0v) is 17.0. The van der Waals surface area contributed by atoms with E-state index in [-0.39, 0.29) is 18.1 Å². The largest absolute Gasteiger partial charge is 0.386 e. The summed E-state index contributed by atoms with van der Waals surface area (Å²) in [6.07, 6.45) is 3.43. The summed E-state index contributed by atoms with van der Waals surface area (Å²) in [4.78, 5) is 19.2. The van der Waals surface area contributed by atoms with Gasteiger partial charge in [0.25, 0.3) is 5.91 Å². The molecule has 2 N–H and O–H groups in total. The van der Waals surface area contributed by atoms with Crippen LogP contribution in [0.3, 0.4) is 0 Å². The fraction of sp³-hybridized carbons (Fsp3) is 0.455. The SMILES string of the molecule is CCN1CC(NC(=O)c2ccc(-c3cncc(C(C)(C)O)c3)cc2)C(OC)C1. The van der Waals surface area contributed by atoms with Crippen LogP contribution in [0.25, 0.3) is 11.1 Å². The number of nitrogens with one attached hydrogen (secondary N) is 1. The number of likely N-dealkylation sites (tertiary alicyclic amines) is 1. The van der Waals surface area contributed by atoms with Crippen LogP contribution in [0.1, 0.15) is 36.7 Å². The average molecular weight is 383 g/mol. The number of ether oxygens (including phenoxy) is 1. The van der Waals surface area contributed by atoms with Crippen LogP contribution in [0.15, 0.2) is 42.7 Å². The standard InChI is InChI=1S/C22H29N3O3/c1-5-25-13-19(20(14-25)28-4)24-21(26)16-8-6-15(7-9-16)17-10-18(12-23-11-17)22(2,3)27/h6-12,19-20,27H,5,13-14H2,1-4H3,(H,24,26). The lowest BCUT2D eigenvalue weighted by Crippen LogP contribution is -2.43. The Hall–Kier alpha value is -2.28. The van der Waals surface area contributed by atoms with Crippen molar-refractivity contribution in [2.24, 2.45) is 0 Å². The molecule has 3 rings (SSSR count). The third-order valence-corrected chi connectivity index (χ3v) is 5.33. The van der Waals surface area contributed by atoms with E-state index in [0.717, 1.165) is 36.3 Å². The van der Waals surface area contributed by atoms with Gasteiger partial charge in [0.1, 0.15) is 0 Å². The van der Waals surface area contributed by atoms with Crippen molar-refractivity contribution in [2.75, 3.05) is 26.7 Å². The van der Waals surface area contributed by atoms with Crippen molar-refractivity contribution < 1.29 is 14.6 Å². The number of hydrogen-bond donors (Lipinski definition) is 2. The maximum absolute atomic E-state index is 12.7. The minimum absolute atomic E-state index is 0.00945. The average Bonchev–Trinajstić information content (AvgIpc) is 3.09. The molecular formula is C22H29N3O3. The number of likely N-dealkylation sites (N-methyl/N-ethyl adjacent to an activating group) is 1. The summed E-state index contributed by atoms with van der Waals surface area (Å²) in [5.41, 5.74) is 2.26. The van der Waals surface area contributed by atoms with Crippen molar-refractivity contribution in [1.29, 1.82) is 0 Å². The molecule has 1 aliphatic heterocycles. The molecule has 0 saturated carbocycles. The monoisotopic (exact) mass is 383 g/mol. The topological polar surface area (TPSA) is 74.7 Å². The van der Waals surface area contributed by atoms with Crippen molar-refractivity contribution in [2.45, 2.75) is 38.5 Å². The molecule has 0 bridgehead atoms. The van der Waals surface area contributed by atoms with E-state index >= 15 is 0 Å². The van der Waals surface area contributed by atoms with E-state index in [1.165, 1.54) is 0 Å². The number of pyridine rings is 1. The quantitative estimate of drug-likeness (QED) is 0.801. The second kappa shape index (κ2) is 8.39. The second-order valence-corrected chi connectivity index (χ2v) is 7.80. The number of amides is 1. The van der Waals surface area contributed by atoms with Gasteiger partial charge in [0, 0.05) is 49.3 Å². The van der Waals surface area contributed by atoms with Gasteiger partial charge in [-0.1, -0.05) is 19.1 Å². The molecule has 2 heterocycles. The first-order valence-electron chi connectivity index (χ1n) is 9.66. The van der Waals surface area contributed by atoms with E-state index in [2.05, 4.69) is 22.1 Å². The number of rotatable bonds is 6. The number of nitrogens with zero attached hydrogens (tertiary/aromatic N) is 2. The third-order valence-electron chi connectivity index (χ3n) is 5.33. The molecule has 6 nitrogen and oxygen atoms in total. The zero-order valence-electron chi connectivity index (χ0n) is 17.0. The maximum atomic E-state index is 12.7. The van der Waals surface area contributed by atoms with Crippen LogP contribution in [0.4, 0.5) is 0 Å². The van der Waals surface area contributed by atoms with Crippen molar-refractivity contribution in [3.05, 3.63) is 53.9 Å². The smallest absolute Gasteiger partial charge is 0.251 e. The van der Waals surface area contributed by atoms with Gasteiger partial charge in [0.15, 0.2) is 0 Å². The predicted octanol–water partition coefficient (Wildman–Crippen LogP) is 2.42. The van der Waals surface area contributed by atoms with Gasteiger partial charge < -0.3 is 15.2 Å². The summed E-state index contributed by atoms with van der Waals surface area (Å²) in [5, 5.41) is 13.3. The van der Waals surface area contributed by atoms with E-state index < -0.39 is 5.60 Å². The Balaban J connectivity index is 1.71. The number of carbonyl (C=O) groups is 1. The molecule has 1 aliphatic rings. The minimum atomic E-state index is -0.950. The van der Waals surface area contributed by atoms with E-state index in [0.29, 0.717) is 5.56 Å². The second-order valence-electron chi connectivity index (χ2n) is 7.80. The van der Waals surface area contributed by atoms with Gasteiger partial charge in [-0.15, -0.1) is 0 Å². The Morgan fingerprint density at radius 1 is 1.25 bits per heavy atom. The number of benzene rings is 1. The van der Waals surface area contributed by atoms with Crippen molar-refractivity contribution in [3.63, 3.8) is 0 Å². The molecule has 1 fully saturated rings. The molecule has 2 aromatic rings. The highest BCUT2D eigenvalue weighted by Gasteiger charge is 2.33. The molecular weight excluding hydrogens is 354 g/mol. The molecule has 1 aromatic heterocycles. The fourth-order valence-electron chi connectivity index (χ4n) is 3.49. The minimum Gasteiger partial charge on any atom is -0.386 e. The first kappa shape index (κ1) is 20.5. The van der Waals surface area contributed by atoms with E-state index in [1.807, 2.05) is 30.3 Å². The van der Waals surface area contributed by atoms with Crippen LogP contribution >= 0.6 is 0 Å². The molecule has 2 unspecified atom stereocenters. The van der Waals surface area contributed by atoms with Crippen LogP contribution in [0, 0.1) is 0 Å². The molecule has 1 saturated heterocycles. The van der Waals surface area contributed by atoms with E-state index in [4.69, 9.17) is 4.74 Å². The van der Waals surface area contributed by atoms with Crippen molar-refractivity contribution >= 4 is 5.91 Å². The van der Waals surface area contributed by atoms with Crippen molar-refractivity contribution in [3.8, 4) is 11.1 Å². The summed E-state index contributed by atoms with van der Waals surface area (Å²) in [7, 11) is 1.69. The van der Waals surface area contributed by atoms with Gasteiger partial charge in [0.05, 0.1) is 17.7 Å². The Bertz CT molecular complexity index is 815. The van der Waals surface area contributed by atoms with Gasteiger partial charge in [-0.3, -0.25) is 14.7 Å². The van der Waals surface area contributed by atoms with Gasteiger partial charge >= 0.3 is 0 Å². The highest BCUT2D eigenvalue weighted by molar-refractivity contribution is 5.95. The number of carbonyl (C=O) groups excluding carboxylic acids is 1. The number of hydrogen-bond acceptors (Lipinski definition) is 5. The molecule has 0 aliphatic carbocycles. The number of aromatic nitrogens is 1. The summed E-state index contributed by atoms with van der Waals surface area (Å²) in [5.74, 6) is -0.0973. The van der Waals surface area contributed by atoms with Gasteiger partial charge in [0.2, 0.25) is 0 Å². The Kier molecular flexibility index (Phi) is 6.13. The summed E-state index contributed by atoms with van der Waals surface area (Å²) in [6.45, 7) is 8.15. The van der Waals surface area contributed by atoms with Crippen LogP contribution in [0.5, 0.6) is 0 Å². The van der Waals surface area contributed by atoms with Gasteiger partial charge in [-0.25, -0.2) is 0 Å². The molecule has 1 aromatic carbocycles. The maximum Gasteiger partial charge on any atom is 0.251 e. The highest BCUT2D eigenvalue weighted by atomic mass is 16.5. The van der Waals surface area contributed by atoms with Crippen LogP contribution in [0.2, 0.25) is 0 Å². The lowest BCUT2D eigenvalue weighted by atomic mass is 9.96. The summed E-state index contributed by atoms with van der Waals surface area (Å²) in [6, 6.07) is 9.35. The molecule has 28 heavy (non-hydrogen) atoms. The van der Waals surface area contributed by atoms with Crippen molar-refractivity contribution in [1.82, 2.24) is 15.2 Å². The Labute approximate surface area is 166 Å². The summed E-state index contributed by atoms with van der Waals surface area (Å²) >= 11 is 0. The summed E-state index contributed by atoms with van der Waals surface area (Å²) < 4.78 is 5.52. The Morgan fingerprint density at radius 2 is 1.96 bits per heavy atom. The van der Waals surface area contributed by atoms with Crippen LogP contribution in [-0.2, 0) is 10.3 Å². The molecule has 6 heteroatoms.